The van der Waals surface area contributed by atoms with E-state index in [0.717, 1.165) is 11.1 Å². The highest BCUT2D eigenvalue weighted by molar-refractivity contribution is 7.98. The maximum Gasteiger partial charge on any atom is 0.257 e. The number of nitrogens with zero attached hydrogens (tertiary/aromatic N) is 1. The number of hydrogen-bond donors (Lipinski definition) is 2. The van der Waals surface area contributed by atoms with E-state index in [4.69, 9.17) is 9.47 Å². The van der Waals surface area contributed by atoms with Crippen LogP contribution in [0.3, 0.4) is 0 Å². The molecule has 0 saturated heterocycles. The summed E-state index contributed by atoms with van der Waals surface area (Å²) in [6.45, 7) is 6.84. The molecule has 0 spiro atoms. The maximum absolute atomic E-state index is 13.1. The minimum atomic E-state index is -0.420. The number of carbonyl (C=O) groups excluding carboxylic acids is 1. The number of anilines is 1. The maximum atomic E-state index is 13.1. The van der Waals surface area contributed by atoms with E-state index in [9.17, 15) is 9.59 Å². The van der Waals surface area contributed by atoms with Crippen LogP contribution in [0.25, 0.3) is 0 Å². The fraction of sp³-hybridized carbons (Fsp3) is 0.320. The number of carbonyl (C=O) groups is 1. The van der Waals surface area contributed by atoms with E-state index < -0.39 is 5.92 Å². The van der Waals surface area contributed by atoms with Crippen LogP contribution in [0.2, 0.25) is 0 Å². The molecule has 0 bridgehead atoms. The molecule has 4 rings (SSSR count). The van der Waals surface area contributed by atoms with Gasteiger partial charge in [-0.15, -0.1) is 0 Å². The summed E-state index contributed by atoms with van der Waals surface area (Å²) in [5.74, 6) is 1.62. The van der Waals surface area contributed by atoms with E-state index in [1.807, 2.05) is 39.0 Å². The minimum Gasteiger partial charge on any atom is -0.490 e. The van der Waals surface area contributed by atoms with Crippen molar-refractivity contribution >= 4 is 23.5 Å². The number of amides is 1. The summed E-state index contributed by atoms with van der Waals surface area (Å²) < 4.78 is 11.4. The van der Waals surface area contributed by atoms with E-state index in [1.54, 1.807) is 0 Å². The fourth-order valence-corrected chi connectivity index (χ4v) is 4.64. The van der Waals surface area contributed by atoms with Gasteiger partial charge in [0.1, 0.15) is 5.82 Å². The lowest BCUT2D eigenvalue weighted by molar-refractivity contribution is -0.116. The summed E-state index contributed by atoms with van der Waals surface area (Å²) in [6.07, 6.45) is 0.160. The van der Waals surface area contributed by atoms with Crippen molar-refractivity contribution in [1.29, 1.82) is 0 Å². The SMILES string of the molecule is CCOc1ccc([C@@H]2CC(=O)Nc3nc(SCc4ccc(C)cc4)[nH]c(=O)c32)cc1OCC. The van der Waals surface area contributed by atoms with Crippen LogP contribution in [0, 0.1) is 6.92 Å². The van der Waals surface area contributed by atoms with Gasteiger partial charge in [0.2, 0.25) is 5.91 Å². The zero-order valence-corrected chi connectivity index (χ0v) is 19.8. The molecule has 3 aromatic rings. The smallest absolute Gasteiger partial charge is 0.257 e. The lowest BCUT2D eigenvalue weighted by Gasteiger charge is -2.25. The summed E-state index contributed by atoms with van der Waals surface area (Å²) in [7, 11) is 0. The first kappa shape index (κ1) is 22.9. The fourth-order valence-electron chi connectivity index (χ4n) is 3.82. The Kier molecular flexibility index (Phi) is 7.03. The lowest BCUT2D eigenvalue weighted by atomic mass is 9.86. The Bertz CT molecular complexity index is 1210. The predicted molar refractivity (Wildman–Crippen MR) is 129 cm³/mol. The molecule has 172 valence electrons. The van der Waals surface area contributed by atoms with Crippen LogP contribution in [-0.4, -0.2) is 29.1 Å². The van der Waals surface area contributed by atoms with Crippen LogP contribution in [-0.2, 0) is 10.5 Å². The number of nitrogens with one attached hydrogen (secondary N) is 2. The second-order valence-corrected chi connectivity index (χ2v) is 8.75. The van der Waals surface area contributed by atoms with Gasteiger partial charge in [0.25, 0.3) is 5.56 Å². The molecular formula is C25H27N3O4S. The molecular weight excluding hydrogens is 438 g/mol. The molecule has 2 aromatic carbocycles. The van der Waals surface area contributed by atoms with Gasteiger partial charge in [-0.25, -0.2) is 4.98 Å². The van der Waals surface area contributed by atoms with Crippen molar-refractivity contribution < 1.29 is 14.3 Å². The summed E-state index contributed by atoms with van der Waals surface area (Å²) in [4.78, 5) is 33.0. The molecule has 0 saturated carbocycles. The zero-order valence-electron chi connectivity index (χ0n) is 18.9. The van der Waals surface area contributed by atoms with Crippen molar-refractivity contribution in [2.75, 3.05) is 18.5 Å². The Morgan fingerprint density at radius 2 is 1.76 bits per heavy atom. The van der Waals surface area contributed by atoms with Crippen molar-refractivity contribution in [3.63, 3.8) is 0 Å². The molecule has 1 amide bonds. The third kappa shape index (κ3) is 5.22. The molecule has 0 radical (unpaired) electrons. The number of ether oxygens (including phenoxy) is 2. The largest absolute Gasteiger partial charge is 0.490 e. The molecule has 1 aliphatic heterocycles. The third-order valence-corrected chi connectivity index (χ3v) is 6.34. The Morgan fingerprint density at radius 3 is 2.48 bits per heavy atom. The number of aromatic nitrogens is 2. The summed E-state index contributed by atoms with van der Waals surface area (Å²) in [5, 5.41) is 3.25. The highest BCUT2D eigenvalue weighted by Gasteiger charge is 2.31. The molecule has 1 atom stereocenters. The highest BCUT2D eigenvalue weighted by Crippen LogP contribution is 2.38. The Morgan fingerprint density at radius 1 is 1.03 bits per heavy atom. The number of rotatable bonds is 8. The Balaban J connectivity index is 1.64. The van der Waals surface area contributed by atoms with Crippen molar-refractivity contribution in [2.24, 2.45) is 0 Å². The topological polar surface area (TPSA) is 93.3 Å². The second-order valence-electron chi connectivity index (χ2n) is 7.78. The van der Waals surface area contributed by atoms with Gasteiger partial charge >= 0.3 is 0 Å². The highest BCUT2D eigenvalue weighted by atomic mass is 32.2. The van der Waals surface area contributed by atoms with E-state index in [2.05, 4.69) is 39.6 Å². The summed E-state index contributed by atoms with van der Waals surface area (Å²) >= 11 is 1.43. The van der Waals surface area contributed by atoms with Crippen LogP contribution in [0.15, 0.2) is 52.4 Å². The molecule has 1 aromatic heterocycles. The third-order valence-electron chi connectivity index (χ3n) is 5.40. The predicted octanol–water partition coefficient (Wildman–Crippen LogP) is 4.64. The number of fused-ring (bicyclic) bond motifs is 1. The van der Waals surface area contributed by atoms with Crippen LogP contribution in [0.5, 0.6) is 11.5 Å². The first-order valence-corrected chi connectivity index (χ1v) is 12.0. The first-order valence-electron chi connectivity index (χ1n) is 11.0. The van der Waals surface area contributed by atoms with Gasteiger partial charge in [-0.05, 0) is 44.0 Å². The van der Waals surface area contributed by atoms with Crippen LogP contribution in [0.4, 0.5) is 5.82 Å². The normalized spacial score (nSPS) is 15.0. The van der Waals surface area contributed by atoms with Gasteiger partial charge in [0.05, 0.1) is 18.8 Å². The zero-order chi connectivity index (χ0) is 23.4. The molecule has 33 heavy (non-hydrogen) atoms. The molecule has 2 heterocycles. The van der Waals surface area contributed by atoms with Gasteiger partial charge in [-0.3, -0.25) is 9.59 Å². The molecule has 0 unspecified atom stereocenters. The number of benzene rings is 2. The number of aryl methyl sites for hydroxylation is 1. The van der Waals surface area contributed by atoms with Gasteiger partial charge in [0.15, 0.2) is 16.7 Å². The quantitative estimate of drug-likeness (QED) is 0.372. The van der Waals surface area contributed by atoms with Crippen molar-refractivity contribution in [2.45, 2.75) is 44.0 Å². The Hall–Kier alpha value is -3.26. The van der Waals surface area contributed by atoms with Gasteiger partial charge < -0.3 is 19.8 Å². The number of hydrogen-bond acceptors (Lipinski definition) is 6. The average molecular weight is 466 g/mol. The van der Waals surface area contributed by atoms with E-state index in [0.29, 0.717) is 47.0 Å². The second kappa shape index (κ2) is 10.1. The molecule has 8 heteroatoms. The van der Waals surface area contributed by atoms with Crippen LogP contribution < -0.4 is 20.3 Å². The average Bonchev–Trinajstić information content (AvgIpc) is 2.79. The number of H-pyrrole nitrogens is 1. The first-order chi connectivity index (χ1) is 16.0. The van der Waals surface area contributed by atoms with Crippen molar-refractivity contribution in [3.8, 4) is 11.5 Å². The minimum absolute atomic E-state index is 0.160. The summed E-state index contributed by atoms with van der Waals surface area (Å²) in [6, 6.07) is 13.8. The van der Waals surface area contributed by atoms with E-state index in [-0.39, 0.29) is 17.9 Å². The van der Waals surface area contributed by atoms with Gasteiger partial charge in [0, 0.05) is 18.1 Å². The molecule has 0 fully saturated rings. The number of thioether (sulfide) groups is 1. The van der Waals surface area contributed by atoms with Crippen molar-refractivity contribution in [3.05, 3.63) is 75.1 Å². The van der Waals surface area contributed by atoms with E-state index in [1.165, 1.54) is 17.3 Å². The number of aromatic amines is 1. The lowest BCUT2D eigenvalue weighted by Crippen LogP contribution is -2.31. The summed E-state index contributed by atoms with van der Waals surface area (Å²) in [5.41, 5.74) is 3.35. The van der Waals surface area contributed by atoms with Crippen LogP contribution >= 0.6 is 11.8 Å². The van der Waals surface area contributed by atoms with Crippen molar-refractivity contribution in [1.82, 2.24) is 9.97 Å². The Labute approximate surface area is 196 Å². The molecule has 1 aliphatic rings. The molecule has 2 N–H and O–H groups in total. The van der Waals surface area contributed by atoms with Crippen LogP contribution in [0.1, 0.15) is 48.4 Å². The van der Waals surface area contributed by atoms with E-state index >= 15 is 0 Å². The molecule has 0 aliphatic carbocycles. The van der Waals surface area contributed by atoms with Gasteiger partial charge in [-0.1, -0.05) is 47.7 Å². The van der Waals surface area contributed by atoms with Gasteiger partial charge in [-0.2, -0.15) is 0 Å². The monoisotopic (exact) mass is 465 g/mol. The standard InChI is InChI=1S/C25H27N3O4S/c1-4-31-19-11-10-17(12-20(19)32-5-2)18-13-21(29)26-23-22(18)24(30)28-25(27-23)33-14-16-8-6-15(3)7-9-16/h6-12,18H,4-5,13-14H2,1-3H3,(H2,26,27,28,29,30)/t18-/m0/s1. The molecule has 7 nitrogen and oxygen atoms in total.